The van der Waals surface area contributed by atoms with E-state index in [1.165, 1.54) is 12.8 Å². The van der Waals surface area contributed by atoms with Gasteiger partial charge in [0.05, 0.1) is 5.41 Å². The number of carboxylic acids is 1. The number of urea groups is 1. The number of hydrogen-bond donors (Lipinski definition) is 2. The van der Waals surface area contributed by atoms with E-state index < -0.39 is 11.4 Å². The van der Waals surface area contributed by atoms with Gasteiger partial charge < -0.3 is 15.3 Å². The van der Waals surface area contributed by atoms with Gasteiger partial charge in [-0.3, -0.25) is 4.79 Å². The monoisotopic (exact) mass is 268 g/mol. The Balaban J connectivity index is 1.71. The van der Waals surface area contributed by atoms with Gasteiger partial charge in [-0.25, -0.2) is 4.79 Å². The highest BCUT2D eigenvalue weighted by molar-refractivity contribution is 5.80. The molecule has 2 fully saturated rings. The summed E-state index contributed by atoms with van der Waals surface area (Å²) in [5, 5.41) is 11.8. The molecule has 0 atom stereocenters. The Kier molecular flexibility index (Phi) is 4.32. The molecule has 0 unspecified atom stereocenters. The predicted molar refractivity (Wildman–Crippen MR) is 71.9 cm³/mol. The van der Waals surface area contributed by atoms with E-state index in [-0.39, 0.29) is 12.6 Å². The lowest BCUT2D eigenvalue weighted by Gasteiger charge is -2.32. The molecule has 2 amide bonds. The molecule has 1 saturated heterocycles. The zero-order chi connectivity index (χ0) is 13.9. The average Bonchev–Trinajstić information content (AvgIpc) is 3.18. The highest BCUT2D eigenvalue weighted by Gasteiger charge is 2.50. The molecule has 0 aromatic carbocycles. The van der Waals surface area contributed by atoms with Crippen LogP contribution in [-0.4, -0.2) is 41.6 Å². The fourth-order valence-electron chi connectivity index (χ4n) is 2.81. The van der Waals surface area contributed by atoms with Crippen molar-refractivity contribution < 1.29 is 14.7 Å². The molecule has 108 valence electrons. The first-order chi connectivity index (χ1) is 9.07. The fraction of sp³-hybridized carbons (Fsp3) is 0.857. The van der Waals surface area contributed by atoms with E-state index in [1.807, 2.05) is 4.90 Å². The summed E-state index contributed by atoms with van der Waals surface area (Å²) in [4.78, 5) is 24.8. The summed E-state index contributed by atoms with van der Waals surface area (Å²) in [6, 6.07) is -0.0949. The molecule has 0 bridgehead atoms. The lowest BCUT2D eigenvalue weighted by Crippen LogP contribution is -2.46. The molecular weight excluding hydrogens is 244 g/mol. The van der Waals surface area contributed by atoms with Crippen LogP contribution in [0.3, 0.4) is 0 Å². The van der Waals surface area contributed by atoms with Crippen molar-refractivity contribution in [1.82, 2.24) is 10.2 Å². The van der Waals surface area contributed by atoms with Crippen LogP contribution in [-0.2, 0) is 4.79 Å². The number of nitrogens with one attached hydrogen (secondary N) is 1. The van der Waals surface area contributed by atoms with Gasteiger partial charge in [-0.1, -0.05) is 19.8 Å². The molecule has 0 aromatic rings. The van der Waals surface area contributed by atoms with Gasteiger partial charge in [0.15, 0.2) is 0 Å². The maximum atomic E-state index is 12.0. The van der Waals surface area contributed by atoms with Crippen molar-refractivity contribution in [2.24, 2.45) is 11.3 Å². The van der Waals surface area contributed by atoms with Gasteiger partial charge in [-0.05, 0) is 31.6 Å². The fourth-order valence-corrected chi connectivity index (χ4v) is 2.81. The van der Waals surface area contributed by atoms with E-state index in [0.29, 0.717) is 12.8 Å². The first-order valence-electron chi connectivity index (χ1n) is 7.33. The normalized spacial score (nSPS) is 22.1. The van der Waals surface area contributed by atoms with Gasteiger partial charge in [0.2, 0.25) is 0 Å². The Morgan fingerprint density at radius 1 is 1.32 bits per heavy atom. The van der Waals surface area contributed by atoms with Crippen molar-refractivity contribution in [2.75, 3.05) is 19.6 Å². The van der Waals surface area contributed by atoms with Gasteiger partial charge in [-0.15, -0.1) is 0 Å². The molecule has 1 aliphatic heterocycles. The first-order valence-corrected chi connectivity index (χ1v) is 7.33. The third-order valence-electron chi connectivity index (χ3n) is 4.48. The molecule has 5 nitrogen and oxygen atoms in total. The quantitative estimate of drug-likeness (QED) is 0.802. The lowest BCUT2D eigenvalue weighted by molar-refractivity contribution is -0.143. The van der Waals surface area contributed by atoms with Crippen LogP contribution in [0.1, 0.15) is 45.4 Å². The van der Waals surface area contributed by atoms with Gasteiger partial charge in [0.1, 0.15) is 0 Å². The number of piperidine rings is 1. The molecule has 1 saturated carbocycles. The van der Waals surface area contributed by atoms with Gasteiger partial charge in [0, 0.05) is 19.6 Å². The van der Waals surface area contributed by atoms with E-state index in [1.54, 1.807) is 0 Å². The number of aliphatic carboxylic acids is 1. The molecule has 2 rings (SSSR count). The van der Waals surface area contributed by atoms with Gasteiger partial charge in [0.25, 0.3) is 0 Å². The Hall–Kier alpha value is -1.26. The van der Waals surface area contributed by atoms with Crippen LogP contribution in [0.2, 0.25) is 0 Å². The van der Waals surface area contributed by atoms with E-state index >= 15 is 0 Å². The first kappa shape index (κ1) is 14.2. The molecule has 0 radical (unpaired) electrons. The standard InChI is InChI=1S/C14H24N2O3/c1-2-3-11-4-8-16(9-5-11)13(19)15-10-14(6-7-14)12(17)18/h11H,2-10H2,1H3,(H,15,19)(H,17,18). The number of hydrogen-bond acceptors (Lipinski definition) is 2. The zero-order valence-electron chi connectivity index (χ0n) is 11.7. The summed E-state index contributed by atoms with van der Waals surface area (Å²) in [6.45, 7) is 4.07. The van der Waals surface area contributed by atoms with Crippen molar-refractivity contribution in [1.29, 1.82) is 0 Å². The van der Waals surface area contributed by atoms with Crippen LogP contribution in [0.5, 0.6) is 0 Å². The second kappa shape index (κ2) is 5.80. The maximum Gasteiger partial charge on any atom is 0.317 e. The maximum absolute atomic E-state index is 12.0. The Morgan fingerprint density at radius 3 is 2.42 bits per heavy atom. The van der Waals surface area contributed by atoms with Crippen molar-refractivity contribution in [3.8, 4) is 0 Å². The SMILES string of the molecule is CCCC1CCN(C(=O)NCC2(C(=O)O)CC2)CC1. The minimum absolute atomic E-state index is 0.0949. The van der Waals surface area contributed by atoms with E-state index in [4.69, 9.17) is 5.11 Å². The van der Waals surface area contributed by atoms with E-state index in [0.717, 1.165) is 31.8 Å². The van der Waals surface area contributed by atoms with Crippen molar-refractivity contribution >= 4 is 12.0 Å². The molecule has 0 spiro atoms. The summed E-state index contributed by atoms with van der Waals surface area (Å²) in [7, 11) is 0. The third kappa shape index (κ3) is 3.39. The summed E-state index contributed by atoms with van der Waals surface area (Å²) in [6.07, 6.45) is 5.97. The molecule has 1 heterocycles. The van der Waals surface area contributed by atoms with Crippen LogP contribution in [0.15, 0.2) is 0 Å². The van der Waals surface area contributed by atoms with Crippen LogP contribution >= 0.6 is 0 Å². The second-order valence-corrected chi connectivity index (χ2v) is 5.96. The predicted octanol–water partition coefficient (Wildman–Crippen LogP) is 2.07. The van der Waals surface area contributed by atoms with Crippen molar-refractivity contribution in [3.63, 3.8) is 0 Å². The summed E-state index contributed by atoms with van der Waals surface area (Å²) in [5.74, 6) is -0.0303. The smallest absolute Gasteiger partial charge is 0.317 e. The zero-order valence-corrected chi connectivity index (χ0v) is 11.7. The van der Waals surface area contributed by atoms with Gasteiger partial charge in [-0.2, -0.15) is 0 Å². The summed E-state index contributed by atoms with van der Waals surface area (Å²) >= 11 is 0. The summed E-state index contributed by atoms with van der Waals surface area (Å²) < 4.78 is 0. The Labute approximate surface area is 114 Å². The highest BCUT2D eigenvalue weighted by atomic mass is 16.4. The van der Waals surface area contributed by atoms with Crippen LogP contribution in [0, 0.1) is 11.3 Å². The van der Waals surface area contributed by atoms with Gasteiger partial charge >= 0.3 is 12.0 Å². The Bertz CT molecular complexity index is 345. The third-order valence-corrected chi connectivity index (χ3v) is 4.48. The molecule has 0 aromatic heterocycles. The molecule has 19 heavy (non-hydrogen) atoms. The molecule has 2 N–H and O–H groups in total. The van der Waals surface area contributed by atoms with Crippen LogP contribution in [0.25, 0.3) is 0 Å². The second-order valence-electron chi connectivity index (χ2n) is 5.96. The average molecular weight is 268 g/mol. The van der Waals surface area contributed by atoms with E-state index in [2.05, 4.69) is 12.2 Å². The highest BCUT2D eigenvalue weighted by Crippen LogP contribution is 2.45. The minimum Gasteiger partial charge on any atom is -0.481 e. The number of carbonyl (C=O) groups excluding carboxylic acids is 1. The number of amides is 2. The number of likely N-dealkylation sites (tertiary alicyclic amines) is 1. The largest absolute Gasteiger partial charge is 0.481 e. The van der Waals surface area contributed by atoms with Crippen LogP contribution < -0.4 is 5.32 Å². The molecule has 2 aliphatic rings. The number of rotatable bonds is 5. The topological polar surface area (TPSA) is 69.6 Å². The summed E-state index contributed by atoms with van der Waals surface area (Å²) in [5.41, 5.74) is -0.670. The van der Waals surface area contributed by atoms with E-state index in [9.17, 15) is 9.59 Å². The minimum atomic E-state index is -0.783. The number of carbonyl (C=O) groups is 2. The molecular formula is C14H24N2O3. The lowest BCUT2D eigenvalue weighted by atomic mass is 9.93. The number of carboxylic acid groups (broad SMARTS) is 1. The van der Waals surface area contributed by atoms with Crippen molar-refractivity contribution in [3.05, 3.63) is 0 Å². The Morgan fingerprint density at radius 2 is 1.95 bits per heavy atom. The van der Waals surface area contributed by atoms with Crippen LogP contribution in [0.4, 0.5) is 4.79 Å². The molecule has 5 heteroatoms. The number of nitrogens with zero attached hydrogens (tertiary/aromatic N) is 1. The molecule has 1 aliphatic carbocycles. The van der Waals surface area contributed by atoms with Crippen molar-refractivity contribution in [2.45, 2.75) is 45.4 Å².